The maximum absolute atomic E-state index is 12.5. The predicted molar refractivity (Wildman–Crippen MR) is 104 cm³/mol. The molecule has 2 aromatic rings. The lowest BCUT2D eigenvalue weighted by atomic mass is 9.96. The summed E-state index contributed by atoms with van der Waals surface area (Å²) in [5.41, 5.74) is 2.07. The Hall–Kier alpha value is -2.09. The molecule has 2 aromatic carbocycles. The Labute approximate surface area is 160 Å². The van der Waals surface area contributed by atoms with Gasteiger partial charge in [-0.3, -0.25) is 0 Å². The molecule has 6 nitrogen and oxygen atoms in total. The summed E-state index contributed by atoms with van der Waals surface area (Å²) >= 11 is 0. The fourth-order valence-corrected chi connectivity index (χ4v) is 4.70. The summed E-state index contributed by atoms with van der Waals surface area (Å²) in [4.78, 5) is 0. The highest BCUT2D eigenvalue weighted by molar-refractivity contribution is 7.88. The van der Waals surface area contributed by atoms with Crippen LogP contribution in [0.4, 0.5) is 0 Å². The molecule has 0 saturated heterocycles. The highest BCUT2D eigenvalue weighted by Crippen LogP contribution is 2.42. The lowest BCUT2D eigenvalue weighted by Crippen LogP contribution is -2.39. The summed E-state index contributed by atoms with van der Waals surface area (Å²) < 4.78 is 38.1. The standard InChI is InChI=1S/C20H25NO5S/c1-14-5-4-6-15(9-14)12-27(23,24)21-13-20(22)8-7-16-10-18(25-2)19(26-3)11-17(16)20/h4-6,9-11,21-22H,7-8,12-13H2,1-3H3. The van der Waals surface area contributed by atoms with Gasteiger partial charge in [0.25, 0.3) is 0 Å². The quantitative estimate of drug-likeness (QED) is 0.756. The maximum atomic E-state index is 12.5. The van der Waals surface area contributed by atoms with E-state index in [4.69, 9.17) is 9.47 Å². The van der Waals surface area contributed by atoms with Gasteiger partial charge in [-0.05, 0) is 48.6 Å². The van der Waals surface area contributed by atoms with E-state index in [2.05, 4.69) is 4.72 Å². The number of aliphatic hydroxyl groups is 1. The third-order valence-corrected chi connectivity index (χ3v) is 6.24. The van der Waals surface area contributed by atoms with E-state index in [1.54, 1.807) is 19.2 Å². The van der Waals surface area contributed by atoms with Crippen molar-refractivity contribution >= 4 is 10.0 Å². The smallest absolute Gasteiger partial charge is 0.215 e. The van der Waals surface area contributed by atoms with Gasteiger partial charge in [0.05, 0.1) is 20.0 Å². The van der Waals surface area contributed by atoms with Gasteiger partial charge in [-0.2, -0.15) is 0 Å². The number of fused-ring (bicyclic) bond motifs is 1. The first-order valence-electron chi connectivity index (χ1n) is 8.77. The normalized spacial score (nSPS) is 19.0. The van der Waals surface area contributed by atoms with Gasteiger partial charge >= 0.3 is 0 Å². The summed E-state index contributed by atoms with van der Waals surface area (Å²) in [5, 5.41) is 11.1. The van der Waals surface area contributed by atoms with Crippen LogP contribution < -0.4 is 14.2 Å². The number of rotatable bonds is 7. The van der Waals surface area contributed by atoms with Gasteiger partial charge in [-0.15, -0.1) is 0 Å². The summed E-state index contributed by atoms with van der Waals surface area (Å²) in [6, 6.07) is 11.0. The summed E-state index contributed by atoms with van der Waals surface area (Å²) in [6.07, 6.45) is 1.08. The Balaban J connectivity index is 1.77. The van der Waals surface area contributed by atoms with Crippen LogP contribution in [0, 0.1) is 6.92 Å². The van der Waals surface area contributed by atoms with E-state index in [9.17, 15) is 13.5 Å². The Kier molecular flexibility index (Phi) is 5.46. The molecule has 1 unspecified atom stereocenters. The van der Waals surface area contributed by atoms with E-state index >= 15 is 0 Å². The number of nitrogens with one attached hydrogen (secondary N) is 1. The van der Waals surface area contributed by atoms with Crippen molar-refractivity contribution in [3.8, 4) is 11.5 Å². The second kappa shape index (κ2) is 7.50. The van der Waals surface area contributed by atoms with E-state index in [-0.39, 0.29) is 12.3 Å². The minimum absolute atomic E-state index is 0.0797. The number of methoxy groups -OCH3 is 2. The van der Waals surface area contributed by atoms with Crippen LogP contribution in [0.5, 0.6) is 11.5 Å². The lowest BCUT2D eigenvalue weighted by molar-refractivity contribution is 0.0440. The number of hydrogen-bond acceptors (Lipinski definition) is 5. The van der Waals surface area contributed by atoms with Crippen LogP contribution in [0.1, 0.15) is 28.7 Å². The first-order chi connectivity index (χ1) is 12.8. The molecule has 1 atom stereocenters. The number of hydrogen-bond donors (Lipinski definition) is 2. The van der Waals surface area contributed by atoms with Gasteiger partial charge in [0.1, 0.15) is 5.60 Å². The Bertz CT molecular complexity index is 941. The highest BCUT2D eigenvalue weighted by atomic mass is 32.2. The molecule has 0 amide bonds. The van der Waals surface area contributed by atoms with E-state index in [0.29, 0.717) is 35.5 Å². The number of aryl methyl sites for hydroxylation is 2. The van der Waals surface area contributed by atoms with Crippen molar-refractivity contribution in [2.45, 2.75) is 31.1 Å². The van der Waals surface area contributed by atoms with Crippen LogP contribution in [0.15, 0.2) is 36.4 Å². The van der Waals surface area contributed by atoms with Gasteiger partial charge < -0.3 is 14.6 Å². The van der Waals surface area contributed by atoms with Crippen LogP contribution >= 0.6 is 0 Å². The van der Waals surface area contributed by atoms with E-state index in [1.807, 2.05) is 31.2 Å². The highest BCUT2D eigenvalue weighted by Gasteiger charge is 2.38. The second-order valence-corrected chi connectivity index (χ2v) is 8.77. The van der Waals surface area contributed by atoms with Crippen LogP contribution in [0.3, 0.4) is 0 Å². The van der Waals surface area contributed by atoms with E-state index in [1.165, 1.54) is 7.11 Å². The number of benzene rings is 2. The second-order valence-electron chi connectivity index (χ2n) is 6.97. The van der Waals surface area contributed by atoms with Crippen molar-refractivity contribution in [3.05, 3.63) is 58.7 Å². The van der Waals surface area contributed by atoms with Crippen molar-refractivity contribution in [2.24, 2.45) is 0 Å². The van der Waals surface area contributed by atoms with Crippen molar-refractivity contribution in [3.63, 3.8) is 0 Å². The molecule has 27 heavy (non-hydrogen) atoms. The van der Waals surface area contributed by atoms with Gasteiger partial charge in [-0.25, -0.2) is 13.1 Å². The van der Waals surface area contributed by atoms with Crippen molar-refractivity contribution in [1.82, 2.24) is 4.72 Å². The lowest BCUT2D eigenvalue weighted by Gasteiger charge is -2.25. The number of sulfonamides is 1. The molecule has 146 valence electrons. The van der Waals surface area contributed by atoms with Crippen molar-refractivity contribution in [2.75, 3.05) is 20.8 Å². The largest absolute Gasteiger partial charge is 0.493 e. The van der Waals surface area contributed by atoms with Gasteiger partial charge in [0.15, 0.2) is 11.5 Å². The zero-order valence-corrected chi connectivity index (χ0v) is 16.6. The van der Waals surface area contributed by atoms with Crippen molar-refractivity contribution < 1.29 is 23.0 Å². The first-order valence-corrected chi connectivity index (χ1v) is 10.4. The molecule has 7 heteroatoms. The first kappa shape index (κ1) is 19.7. The molecule has 0 heterocycles. The topological polar surface area (TPSA) is 84.9 Å². The number of ether oxygens (including phenoxy) is 2. The van der Waals surface area contributed by atoms with Gasteiger partial charge in [0.2, 0.25) is 10.0 Å². The molecular weight excluding hydrogens is 366 g/mol. The molecule has 0 fully saturated rings. The summed E-state index contributed by atoms with van der Waals surface area (Å²) in [5.74, 6) is 0.989. The Morgan fingerprint density at radius 2 is 1.85 bits per heavy atom. The minimum Gasteiger partial charge on any atom is -0.493 e. The molecular formula is C20H25NO5S. The minimum atomic E-state index is -3.57. The molecule has 0 bridgehead atoms. The summed E-state index contributed by atoms with van der Waals surface area (Å²) in [7, 11) is -0.483. The van der Waals surface area contributed by atoms with Crippen molar-refractivity contribution in [1.29, 1.82) is 0 Å². The van der Waals surface area contributed by atoms with Crippen LogP contribution in [0.2, 0.25) is 0 Å². The maximum Gasteiger partial charge on any atom is 0.215 e. The molecule has 2 N–H and O–H groups in total. The molecule has 0 radical (unpaired) electrons. The zero-order valence-electron chi connectivity index (χ0n) is 15.8. The SMILES string of the molecule is COc1cc2c(cc1OC)C(O)(CNS(=O)(=O)Cc1cccc(C)c1)CC2. The predicted octanol–water partition coefficient (Wildman–Crippen LogP) is 2.27. The molecule has 1 aliphatic carbocycles. The average Bonchev–Trinajstić information content (AvgIpc) is 2.95. The van der Waals surface area contributed by atoms with E-state index in [0.717, 1.165) is 11.1 Å². The third kappa shape index (κ3) is 4.26. The molecule has 3 rings (SSSR count). The zero-order chi connectivity index (χ0) is 19.7. The molecule has 0 aliphatic heterocycles. The Morgan fingerprint density at radius 1 is 1.15 bits per heavy atom. The van der Waals surface area contributed by atoms with Gasteiger partial charge in [0, 0.05) is 6.54 Å². The summed E-state index contributed by atoms with van der Waals surface area (Å²) in [6.45, 7) is 1.84. The molecule has 0 spiro atoms. The third-order valence-electron chi connectivity index (χ3n) is 4.94. The fraction of sp³-hybridized carbons (Fsp3) is 0.400. The molecule has 0 saturated carbocycles. The van der Waals surface area contributed by atoms with Crippen LogP contribution in [0.25, 0.3) is 0 Å². The fourth-order valence-electron chi connectivity index (χ4n) is 3.52. The van der Waals surface area contributed by atoms with Crippen LogP contribution in [-0.2, 0) is 27.8 Å². The van der Waals surface area contributed by atoms with E-state index < -0.39 is 15.6 Å². The van der Waals surface area contributed by atoms with Gasteiger partial charge in [-0.1, -0.05) is 29.8 Å². The molecule has 1 aliphatic rings. The molecule has 0 aromatic heterocycles. The van der Waals surface area contributed by atoms with Crippen LogP contribution in [-0.4, -0.2) is 34.3 Å². The monoisotopic (exact) mass is 391 g/mol. The average molecular weight is 391 g/mol. The Morgan fingerprint density at radius 3 is 2.52 bits per heavy atom.